The average molecular weight is 421 g/mol. The lowest BCUT2D eigenvalue weighted by Gasteiger charge is -2.33. The zero-order valence-corrected chi connectivity index (χ0v) is 17.8. The Labute approximate surface area is 181 Å². The summed E-state index contributed by atoms with van der Waals surface area (Å²) in [5, 5.41) is 9.78. The molecule has 1 amide bonds. The van der Waals surface area contributed by atoms with Crippen molar-refractivity contribution in [3.05, 3.63) is 48.0 Å². The van der Waals surface area contributed by atoms with E-state index in [1.165, 1.54) is 4.90 Å². The summed E-state index contributed by atoms with van der Waals surface area (Å²) in [6, 6.07) is 14.2. The van der Waals surface area contributed by atoms with E-state index in [1.54, 1.807) is 0 Å². The third kappa shape index (κ3) is 3.68. The van der Waals surface area contributed by atoms with Crippen LogP contribution in [0.1, 0.15) is 18.9 Å². The predicted octanol–water partition coefficient (Wildman–Crippen LogP) is 3.85. The van der Waals surface area contributed by atoms with Gasteiger partial charge in [0.25, 0.3) is 0 Å². The van der Waals surface area contributed by atoms with Gasteiger partial charge < -0.3 is 14.4 Å². The molecule has 7 heteroatoms. The Bertz CT molecular complexity index is 1090. The Hall–Kier alpha value is -2.90. The number of rotatable bonds is 4. The smallest absolute Gasteiger partial charge is 0.412 e. The maximum atomic E-state index is 11.9. The van der Waals surface area contributed by atoms with Crippen LogP contribution in [0.2, 0.25) is 0 Å². The summed E-state index contributed by atoms with van der Waals surface area (Å²) < 4.78 is 7.78. The number of fused-ring (bicyclic) bond motifs is 3. The molecule has 0 bridgehead atoms. The minimum absolute atomic E-state index is 0.0283. The number of morpholine rings is 1. The number of hydrogen-bond acceptors (Lipinski definition) is 4. The van der Waals surface area contributed by atoms with Crippen molar-refractivity contribution in [2.45, 2.75) is 32.4 Å². The van der Waals surface area contributed by atoms with Crippen LogP contribution >= 0.6 is 0 Å². The maximum absolute atomic E-state index is 11.9. The van der Waals surface area contributed by atoms with Crippen LogP contribution in [-0.4, -0.2) is 64.5 Å². The molecule has 3 aromatic rings. The van der Waals surface area contributed by atoms with E-state index in [4.69, 9.17) is 9.72 Å². The highest BCUT2D eigenvalue weighted by Crippen LogP contribution is 2.37. The minimum atomic E-state index is -0.900. The lowest BCUT2D eigenvalue weighted by Crippen LogP contribution is -2.41. The lowest BCUT2D eigenvalue weighted by atomic mass is 9.96. The standard InChI is InChI=1S/C24H28N4O3/c1-17-7-8-19-20(28(17)24(29)30)9-10-21-22(19)25-23(18-5-3-2-4-6-18)27(21)12-11-26-13-15-31-16-14-26/h2-6,9-10,17H,7-8,11-16H2,1H3,(H,29,30)/t17-/m0/s1. The highest BCUT2D eigenvalue weighted by molar-refractivity contribution is 5.95. The fourth-order valence-corrected chi connectivity index (χ4v) is 4.82. The van der Waals surface area contributed by atoms with E-state index in [2.05, 4.69) is 21.6 Å². The van der Waals surface area contributed by atoms with Gasteiger partial charge >= 0.3 is 6.09 Å². The van der Waals surface area contributed by atoms with Gasteiger partial charge in [-0.2, -0.15) is 0 Å². The summed E-state index contributed by atoms with van der Waals surface area (Å²) in [5.74, 6) is 0.942. The molecule has 0 unspecified atom stereocenters. The van der Waals surface area contributed by atoms with Crippen LogP contribution in [0.3, 0.4) is 0 Å². The molecule has 3 heterocycles. The van der Waals surface area contributed by atoms with E-state index < -0.39 is 6.09 Å². The first-order valence-corrected chi connectivity index (χ1v) is 11.0. The van der Waals surface area contributed by atoms with Gasteiger partial charge in [-0.1, -0.05) is 30.3 Å². The molecule has 2 aliphatic heterocycles. The first-order chi connectivity index (χ1) is 15.1. The van der Waals surface area contributed by atoms with Crippen LogP contribution in [0.4, 0.5) is 10.5 Å². The van der Waals surface area contributed by atoms with Gasteiger partial charge in [0.05, 0.1) is 29.9 Å². The molecule has 0 radical (unpaired) electrons. The molecule has 1 fully saturated rings. The number of nitrogens with zero attached hydrogens (tertiary/aromatic N) is 4. The molecule has 31 heavy (non-hydrogen) atoms. The molecule has 0 aliphatic carbocycles. The van der Waals surface area contributed by atoms with Crippen LogP contribution in [0.5, 0.6) is 0 Å². The maximum Gasteiger partial charge on any atom is 0.412 e. The summed E-state index contributed by atoms with van der Waals surface area (Å²) in [4.78, 5) is 20.9. The summed E-state index contributed by atoms with van der Waals surface area (Å²) in [5.41, 5.74) is 4.90. The van der Waals surface area contributed by atoms with Crippen molar-refractivity contribution in [2.24, 2.45) is 0 Å². The fraction of sp³-hybridized carbons (Fsp3) is 0.417. The Morgan fingerprint density at radius 2 is 1.90 bits per heavy atom. The van der Waals surface area contributed by atoms with Gasteiger partial charge in [-0.25, -0.2) is 9.78 Å². The molecule has 5 rings (SSSR count). The molecule has 1 atom stereocenters. The van der Waals surface area contributed by atoms with Crippen molar-refractivity contribution >= 4 is 22.8 Å². The number of amides is 1. The highest BCUT2D eigenvalue weighted by atomic mass is 16.5. The van der Waals surface area contributed by atoms with E-state index >= 15 is 0 Å². The van der Waals surface area contributed by atoms with Crippen molar-refractivity contribution in [3.8, 4) is 11.4 Å². The monoisotopic (exact) mass is 420 g/mol. The second kappa shape index (κ2) is 8.32. The van der Waals surface area contributed by atoms with Crippen LogP contribution in [-0.2, 0) is 17.7 Å². The third-order valence-electron chi connectivity index (χ3n) is 6.49. The Balaban J connectivity index is 1.61. The molecule has 2 aromatic carbocycles. The molecule has 0 saturated carbocycles. The van der Waals surface area contributed by atoms with Gasteiger partial charge in [-0.15, -0.1) is 0 Å². The van der Waals surface area contributed by atoms with Gasteiger partial charge in [0.1, 0.15) is 5.82 Å². The number of aromatic nitrogens is 2. The summed E-state index contributed by atoms with van der Waals surface area (Å²) >= 11 is 0. The van der Waals surface area contributed by atoms with Crippen LogP contribution in [0.25, 0.3) is 22.4 Å². The minimum Gasteiger partial charge on any atom is -0.465 e. The molecule has 1 saturated heterocycles. The van der Waals surface area contributed by atoms with Crippen molar-refractivity contribution in [3.63, 3.8) is 0 Å². The average Bonchev–Trinajstić information content (AvgIpc) is 3.17. The van der Waals surface area contributed by atoms with Crippen molar-refractivity contribution in [2.75, 3.05) is 37.7 Å². The lowest BCUT2D eigenvalue weighted by molar-refractivity contribution is 0.0366. The van der Waals surface area contributed by atoms with Crippen LogP contribution < -0.4 is 4.90 Å². The third-order valence-corrected chi connectivity index (χ3v) is 6.49. The zero-order chi connectivity index (χ0) is 21.4. The molecule has 7 nitrogen and oxygen atoms in total. The van der Waals surface area contributed by atoms with Gasteiger partial charge in [0.2, 0.25) is 0 Å². The number of ether oxygens (including phenoxy) is 1. The molecule has 0 spiro atoms. The van der Waals surface area contributed by atoms with Crippen molar-refractivity contribution < 1.29 is 14.6 Å². The quantitative estimate of drug-likeness (QED) is 0.694. The highest BCUT2D eigenvalue weighted by Gasteiger charge is 2.30. The Morgan fingerprint density at radius 1 is 1.13 bits per heavy atom. The number of hydrogen-bond donors (Lipinski definition) is 1. The van der Waals surface area contributed by atoms with Gasteiger partial charge in [-0.05, 0) is 31.9 Å². The number of anilines is 1. The van der Waals surface area contributed by atoms with Gasteiger partial charge in [0, 0.05) is 43.3 Å². The summed E-state index contributed by atoms with van der Waals surface area (Å²) in [7, 11) is 0. The van der Waals surface area contributed by atoms with Crippen molar-refractivity contribution in [1.29, 1.82) is 0 Å². The fourth-order valence-electron chi connectivity index (χ4n) is 4.82. The Kier molecular flexibility index (Phi) is 5.38. The molecule has 162 valence electrons. The number of carbonyl (C=O) groups is 1. The summed E-state index contributed by atoms with van der Waals surface area (Å²) in [6.45, 7) is 7.21. The van der Waals surface area contributed by atoms with Gasteiger partial charge in [-0.3, -0.25) is 9.80 Å². The SMILES string of the molecule is C[C@H]1CCc2c(ccc3c2nc(-c2ccccc2)n3CCN2CCOCC2)N1C(=O)O. The van der Waals surface area contributed by atoms with Gasteiger partial charge in [0.15, 0.2) is 0 Å². The second-order valence-electron chi connectivity index (χ2n) is 8.38. The molecule has 1 N–H and O–H groups in total. The van der Waals surface area contributed by atoms with E-state index in [-0.39, 0.29) is 6.04 Å². The van der Waals surface area contributed by atoms with E-state index in [0.29, 0.717) is 0 Å². The largest absolute Gasteiger partial charge is 0.465 e. The number of carboxylic acid groups (broad SMARTS) is 1. The first-order valence-electron chi connectivity index (χ1n) is 11.0. The number of aryl methyl sites for hydroxylation is 1. The second-order valence-corrected chi connectivity index (χ2v) is 8.38. The van der Waals surface area contributed by atoms with Crippen molar-refractivity contribution in [1.82, 2.24) is 14.5 Å². The number of benzene rings is 2. The van der Waals surface area contributed by atoms with E-state index in [9.17, 15) is 9.90 Å². The van der Waals surface area contributed by atoms with E-state index in [0.717, 1.165) is 85.9 Å². The van der Waals surface area contributed by atoms with E-state index in [1.807, 2.05) is 37.3 Å². The Morgan fingerprint density at radius 3 is 2.65 bits per heavy atom. The first kappa shape index (κ1) is 20.0. The van der Waals surface area contributed by atoms with Crippen LogP contribution in [0, 0.1) is 0 Å². The molecular weight excluding hydrogens is 392 g/mol. The number of imidazole rings is 1. The molecule has 1 aromatic heterocycles. The molecule has 2 aliphatic rings. The van der Waals surface area contributed by atoms with Crippen LogP contribution in [0.15, 0.2) is 42.5 Å². The zero-order valence-electron chi connectivity index (χ0n) is 17.8. The topological polar surface area (TPSA) is 70.8 Å². The molecular formula is C24H28N4O3. The summed E-state index contributed by atoms with van der Waals surface area (Å²) in [6.07, 6.45) is 0.745. The normalized spacial score (nSPS) is 19.5. The predicted molar refractivity (Wildman–Crippen MR) is 121 cm³/mol.